The molecule has 0 spiro atoms. The smallest absolute Gasteiger partial charge is 0.372 e. The first-order valence-electron chi connectivity index (χ1n) is 6.05. The molecule has 0 unspecified atom stereocenters. The Morgan fingerprint density at radius 2 is 2.10 bits per heavy atom. The molecule has 0 saturated heterocycles. The molecule has 0 aliphatic heterocycles. The van der Waals surface area contributed by atoms with Crippen molar-refractivity contribution in [3.63, 3.8) is 0 Å². The normalized spacial score (nSPS) is 11.4. The van der Waals surface area contributed by atoms with Crippen molar-refractivity contribution in [2.75, 3.05) is 19.8 Å². The molecule has 1 amide bonds. The fourth-order valence-electron chi connectivity index (χ4n) is 1.43. The molecule has 1 aromatic rings. The van der Waals surface area contributed by atoms with Gasteiger partial charge in [-0.25, -0.2) is 0 Å². The highest BCUT2D eigenvalue weighted by Crippen LogP contribution is 2.14. The van der Waals surface area contributed by atoms with Gasteiger partial charge in [0.2, 0.25) is 5.91 Å². The lowest BCUT2D eigenvalue weighted by Crippen LogP contribution is -2.32. The van der Waals surface area contributed by atoms with Gasteiger partial charge in [0.05, 0.1) is 0 Å². The molecule has 21 heavy (non-hydrogen) atoms. The maximum atomic E-state index is 11.8. The van der Waals surface area contributed by atoms with Crippen LogP contribution >= 0.6 is 15.9 Å². The molecule has 0 aliphatic rings. The number of rotatable bonds is 7. The fraction of sp³-hybridized carbons (Fsp3) is 0.500. The van der Waals surface area contributed by atoms with E-state index in [1.165, 1.54) is 16.8 Å². The van der Waals surface area contributed by atoms with Gasteiger partial charge in [-0.1, -0.05) is 0 Å². The second-order valence-corrected chi connectivity index (χ2v) is 5.10. The molecular formula is C12H14BrF3N2O3. The Labute approximate surface area is 127 Å². The number of hydrogen-bond acceptors (Lipinski definition) is 3. The van der Waals surface area contributed by atoms with Crippen molar-refractivity contribution in [3.8, 4) is 0 Å². The highest BCUT2D eigenvalue weighted by Gasteiger charge is 2.27. The lowest BCUT2D eigenvalue weighted by Gasteiger charge is -2.09. The zero-order chi connectivity index (χ0) is 15.9. The van der Waals surface area contributed by atoms with Gasteiger partial charge in [-0.3, -0.25) is 9.59 Å². The number of ether oxygens (including phenoxy) is 1. The maximum absolute atomic E-state index is 11.8. The van der Waals surface area contributed by atoms with E-state index in [0.717, 1.165) is 0 Å². The van der Waals surface area contributed by atoms with E-state index in [4.69, 9.17) is 0 Å². The number of hydrogen-bond donors (Lipinski definition) is 1. The predicted octanol–water partition coefficient (Wildman–Crippen LogP) is 1.70. The van der Waals surface area contributed by atoms with Gasteiger partial charge in [-0.15, -0.1) is 0 Å². The summed E-state index contributed by atoms with van der Waals surface area (Å²) < 4.78 is 41.6. The lowest BCUT2D eigenvalue weighted by molar-refractivity contribution is -0.174. The van der Waals surface area contributed by atoms with E-state index in [2.05, 4.69) is 26.0 Å². The topological polar surface area (TPSA) is 60.3 Å². The van der Waals surface area contributed by atoms with Crippen molar-refractivity contribution in [2.24, 2.45) is 0 Å². The standard InChI is InChI=1S/C12H14BrF3N2O3/c13-9-2-3-11(20)18(6-9)7-10(19)17-4-1-5-21-8-12(14,15)16/h2-3,6H,1,4-5,7-8H2,(H,17,19). The van der Waals surface area contributed by atoms with Gasteiger partial charge in [0.1, 0.15) is 13.2 Å². The van der Waals surface area contributed by atoms with E-state index in [-0.39, 0.29) is 31.7 Å². The lowest BCUT2D eigenvalue weighted by atomic mass is 10.4. The zero-order valence-electron chi connectivity index (χ0n) is 11.0. The van der Waals surface area contributed by atoms with Crippen LogP contribution < -0.4 is 10.9 Å². The first-order chi connectivity index (χ1) is 9.78. The zero-order valence-corrected chi connectivity index (χ0v) is 12.5. The Balaban J connectivity index is 2.23. The number of halogens is 4. The Bertz CT molecular complexity index is 531. The van der Waals surface area contributed by atoms with Crippen molar-refractivity contribution in [3.05, 3.63) is 33.2 Å². The molecule has 0 fully saturated rings. The third kappa shape index (κ3) is 7.86. The predicted molar refractivity (Wildman–Crippen MR) is 72.9 cm³/mol. The Morgan fingerprint density at radius 3 is 2.76 bits per heavy atom. The summed E-state index contributed by atoms with van der Waals surface area (Å²) in [4.78, 5) is 23.0. The van der Waals surface area contributed by atoms with E-state index in [1.54, 1.807) is 6.07 Å². The second-order valence-electron chi connectivity index (χ2n) is 4.18. The van der Waals surface area contributed by atoms with Gasteiger partial charge < -0.3 is 14.6 Å². The van der Waals surface area contributed by atoms with Crippen LogP contribution in [0.2, 0.25) is 0 Å². The summed E-state index contributed by atoms with van der Waals surface area (Å²) in [6, 6.07) is 2.89. The van der Waals surface area contributed by atoms with E-state index in [0.29, 0.717) is 4.47 Å². The third-order valence-corrected chi connectivity index (χ3v) is 2.78. The number of carbonyl (C=O) groups is 1. The first kappa shape index (κ1) is 17.7. The fourth-order valence-corrected chi connectivity index (χ4v) is 1.81. The summed E-state index contributed by atoms with van der Waals surface area (Å²) in [6.45, 7) is -1.37. The molecule has 1 aromatic heterocycles. The molecule has 0 saturated carbocycles. The van der Waals surface area contributed by atoms with Crippen LogP contribution in [0.4, 0.5) is 13.2 Å². The SMILES string of the molecule is O=C(Cn1cc(Br)ccc1=O)NCCCOCC(F)(F)F. The van der Waals surface area contributed by atoms with Crippen LogP contribution in [0, 0.1) is 0 Å². The molecule has 118 valence electrons. The molecule has 1 N–H and O–H groups in total. The van der Waals surface area contributed by atoms with Crippen molar-refractivity contribution in [2.45, 2.75) is 19.1 Å². The number of alkyl halides is 3. The number of nitrogens with one attached hydrogen (secondary N) is 1. The molecule has 0 bridgehead atoms. The van der Waals surface area contributed by atoms with Gasteiger partial charge in [0, 0.05) is 29.9 Å². The van der Waals surface area contributed by atoms with Gasteiger partial charge in [0.25, 0.3) is 5.56 Å². The minimum atomic E-state index is -4.34. The largest absolute Gasteiger partial charge is 0.411 e. The molecule has 1 rings (SSSR count). The van der Waals surface area contributed by atoms with Crippen LogP contribution in [-0.4, -0.2) is 36.4 Å². The van der Waals surface area contributed by atoms with Gasteiger partial charge in [-0.2, -0.15) is 13.2 Å². The Kier molecular flexibility index (Phi) is 6.90. The van der Waals surface area contributed by atoms with E-state index in [1.807, 2.05) is 0 Å². The van der Waals surface area contributed by atoms with Gasteiger partial charge >= 0.3 is 6.18 Å². The minimum Gasteiger partial charge on any atom is -0.372 e. The van der Waals surface area contributed by atoms with E-state index < -0.39 is 18.7 Å². The number of aromatic nitrogens is 1. The minimum absolute atomic E-state index is 0.101. The van der Waals surface area contributed by atoms with E-state index >= 15 is 0 Å². The van der Waals surface area contributed by atoms with Crippen molar-refractivity contribution in [1.29, 1.82) is 0 Å². The monoisotopic (exact) mass is 370 g/mol. The van der Waals surface area contributed by atoms with Crippen LogP contribution in [0.1, 0.15) is 6.42 Å². The van der Waals surface area contributed by atoms with Crippen molar-refractivity contribution in [1.82, 2.24) is 9.88 Å². The third-order valence-electron chi connectivity index (χ3n) is 2.31. The summed E-state index contributed by atoms with van der Waals surface area (Å²) in [5, 5.41) is 2.50. The molecule has 0 aliphatic carbocycles. The summed E-state index contributed by atoms with van der Waals surface area (Å²) in [5.41, 5.74) is -0.318. The number of amides is 1. The molecule has 1 heterocycles. The second kappa shape index (κ2) is 8.18. The first-order valence-corrected chi connectivity index (χ1v) is 6.84. The number of nitrogens with zero attached hydrogens (tertiary/aromatic N) is 1. The maximum Gasteiger partial charge on any atom is 0.411 e. The van der Waals surface area contributed by atoms with Gasteiger partial charge in [0.15, 0.2) is 0 Å². The van der Waals surface area contributed by atoms with Crippen LogP contribution in [0.25, 0.3) is 0 Å². The summed E-state index contributed by atoms with van der Waals surface area (Å²) >= 11 is 3.18. The molecular weight excluding hydrogens is 357 g/mol. The molecule has 0 aromatic carbocycles. The highest BCUT2D eigenvalue weighted by atomic mass is 79.9. The van der Waals surface area contributed by atoms with Crippen LogP contribution in [-0.2, 0) is 16.1 Å². The van der Waals surface area contributed by atoms with Gasteiger partial charge in [-0.05, 0) is 28.4 Å². The van der Waals surface area contributed by atoms with Crippen LogP contribution in [0.3, 0.4) is 0 Å². The summed E-state index contributed by atoms with van der Waals surface area (Å²) in [7, 11) is 0. The average molecular weight is 371 g/mol. The summed E-state index contributed by atoms with van der Waals surface area (Å²) in [6.07, 6.45) is -2.60. The van der Waals surface area contributed by atoms with Crippen molar-refractivity contribution < 1.29 is 22.7 Å². The number of carbonyl (C=O) groups excluding carboxylic acids is 1. The average Bonchev–Trinajstić information content (AvgIpc) is 2.37. The Hall–Kier alpha value is -1.35. The highest BCUT2D eigenvalue weighted by molar-refractivity contribution is 9.10. The molecule has 0 atom stereocenters. The molecule has 5 nitrogen and oxygen atoms in total. The Morgan fingerprint density at radius 1 is 1.38 bits per heavy atom. The van der Waals surface area contributed by atoms with Crippen molar-refractivity contribution >= 4 is 21.8 Å². The summed E-state index contributed by atoms with van der Waals surface area (Å²) in [5.74, 6) is -0.397. The quantitative estimate of drug-likeness (QED) is 0.743. The van der Waals surface area contributed by atoms with Crippen LogP contribution in [0.5, 0.6) is 0 Å². The molecule has 9 heteroatoms. The molecule has 0 radical (unpaired) electrons. The van der Waals surface area contributed by atoms with E-state index in [9.17, 15) is 22.8 Å². The number of pyridine rings is 1. The van der Waals surface area contributed by atoms with Crippen LogP contribution in [0.15, 0.2) is 27.6 Å².